The Morgan fingerprint density at radius 1 is 1.17 bits per heavy atom. The van der Waals surface area contributed by atoms with Crippen LogP contribution in [0.5, 0.6) is 0 Å². The van der Waals surface area contributed by atoms with Gasteiger partial charge >= 0.3 is 0 Å². The van der Waals surface area contributed by atoms with E-state index >= 15 is 0 Å². The van der Waals surface area contributed by atoms with Crippen LogP contribution >= 0.6 is 23.1 Å². The quantitative estimate of drug-likeness (QED) is 0.665. The van der Waals surface area contributed by atoms with Crippen molar-refractivity contribution in [2.45, 2.75) is 42.8 Å². The van der Waals surface area contributed by atoms with Crippen molar-refractivity contribution in [3.63, 3.8) is 0 Å². The first-order chi connectivity index (χ1) is 11.5. The Morgan fingerprint density at radius 3 is 2.71 bits per heavy atom. The van der Waals surface area contributed by atoms with Gasteiger partial charge in [0, 0.05) is 12.0 Å². The van der Waals surface area contributed by atoms with E-state index in [-0.39, 0.29) is 5.54 Å². The molecule has 0 saturated carbocycles. The van der Waals surface area contributed by atoms with E-state index in [1.807, 2.05) is 18.2 Å². The van der Waals surface area contributed by atoms with Crippen molar-refractivity contribution in [1.82, 2.24) is 20.3 Å². The fourth-order valence-corrected chi connectivity index (χ4v) is 3.76. The molecule has 1 aromatic carbocycles. The molecule has 6 nitrogen and oxygen atoms in total. The van der Waals surface area contributed by atoms with Crippen molar-refractivity contribution in [2.24, 2.45) is 0 Å². The second-order valence-electron chi connectivity index (χ2n) is 6.30. The number of nitrogens with one attached hydrogen (secondary N) is 1. The van der Waals surface area contributed by atoms with E-state index in [0.717, 1.165) is 9.47 Å². The number of nitrogens with zero attached hydrogens (tertiary/aromatic N) is 4. The highest BCUT2D eigenvalue weighted by Gasteiger charge is 2.14. The van der Waals surface area contributed by atoms with Crippen molar-refractivity contribution in [3.8, 4) is 0 Å². The van der Waals surface area contributed by atoms with Crippen LogP contribution in [-0.4, -0.2) is 25.9 Å². The molecule has 2 heterocycles. The van der Waals surface area contributed by atoms with Crippen molar-refractivity contribution in [3.05, 3.63) is 47.6 Å². The van der Waals surface area contributed by atoms with Crippen LogP contribution in [-0.2, 0) is 12.2 Å². The molecule has 0 radical (unpaired) electrons. The second kappa shape index (κ2) is 7.31. The Bertz CT molecular complexity index is 779. The maximum absolute atomic E-state index is 5.30. The SMILES string of the molecule is CC(C)(C)Nc1nnc(SCc2nc(Cc3ccccc3)no2)s1. The van der Waals surface area contributed by atoms with Crippen molar-refractivity contribution >= 4 is 28.2 Å². The summed E-state index contributed by atoms with van der Waals surface area (Å²) in [5.41, 5.74) is 1.14. The lowest BCUT2D eigenvalue weighted by molar-refractivity contribution is 0.386. The summed E-state index contributed by atoms with van der Waals surface area (Å²) in [6, 6.07) is 10.1. The molecule has 0 aliphatic heterocycles. The molecule has 0 bridgehead atoms. The van der Waals surface area contributed by atoms with Gasteiger partial charge in [0.1, 0.15) is 0 Å². The third-order valence-corrected chi connectivity index (χ3v) is 4.88. The summed E-state index contributed by atoms with van der Waals surface area (Å²) in [7, 11) is 0. The van der Waals surface area contributed by atoms with E-state index in [0.29, 0.717) is 23.9 Å². The maximum atomic E-state index is 5.30. The highest BCUT2D eigenvalue weighted by molar-refractivity contribution is 8.00. The van der Waals surface area contributed by atoms with Gasteiger partial charge in [-0.05, 0) is 26.3 Å². The molecule has 0 spiro atoms. The molecule has 126 valence electrons. The van der Waals surface area contributed by atoms with Crippen LogP contribution in [0.25, 0.3) is 0 Å². The second-order valence-corrected chi connectivity index (χ2v) is 8.50. The minimum absolute atomic E-state index is 0.0275. The molecule has 3 rings (SSSR count). The van der Waals surface area contributed by atoms with Gasteiger partial charge in [-0.15, -0.1) is 10.2 Å². The zero-order chi connectivity index (χ0) is 17.0. The number of hydrogen-bond acceptors (Lipinski definition) is 8. The van der Waals surface area contributed by atoms with Crippen LogP contribution in [0, 0.1) is 0 Å². The first-order valence-corrected chi connectivity index (χ1v) is 9.38. The number of aromatic nitrogens is 4. The molecule has 0 atom stereocenters. The summed E-state index contributed by atoms with van der Waals surface area (Å²) in [6.07, 6.45) is 0.674. The third kappa shape index (κ3) is 5.04. The predicted molar refractivity (Wildman–Crippen MR) is 96.4 cm³/mol. The third-order valence-electron chi connectivity index (χ3n) is 2.92. The van der Waals surface area contributed by atoms with Gasteiger partial charge in [-0.25, -0.2) is 0 Å². The summed E-state index contributed by atoms with van der Waals surface area (Å²) in [6.45, 7) is 6.27. The smallest absolute Gasteiger partial charge is 0.237 e. The molecular weight excluding hydrogens is 342 g/mol. The topological polar surface area (TPSA) is 76.7 Å². The zero-order valence-electron chi connectivity index (χ0n) is 13.8. The number of rotatable bonds is 6. The van der Waals surface area contributed by atoms with Crippen LogP contribution in [0.15, 0.2) is 39.2 Å². The van der Waals surface area contributed by atoms with E-state index in [2.05, 4.69) is 58.6 Å². The summed E-state index contributed by atoms with van der Waals surface area (Å²) in [4.78, 5) is 4.43. The molecule has 0 aliphatic carbocycles. The largest absolute Gasteiger partial charge is 0.355 e. The Hall–Kier alpha value is -1.93. The molecule has 0 fully saturated rings. The maximum Gasteiger partial charge on any atom is 0.237 e. The number of thioether (sulfide) groups is 1. The summed E-state index contributed by atoms with van der Waals surface area (Å²) < 4.78 is 6.18. The Balaban J connectivity index is 1.54. The first kappa shape index (κ1) is 16.9. The van der Waals surface area contributed by atoms with Gasteiger partial charge in [0.25, 0.3) is 0 Å². The zero-order valence-corrected chi connectivity index (χ0v) is 15.4. The lowest BCUT2D eigenvalue weighted by atomic mass is 10.1. The minimum Gasteiger partial charge on any atom is -0.355 e. The first-order valence-electron chi connectivity index (χ1n) is 7.58. The minimum atomic E-state index is -0.0275. The standard InChI is InChI=1S/C16H19N5OS2/c1-16(2,3)18-14-19-20-15(24-14)23-10-13-17-12(21-22-13)9-11-7-5-4-6-8-11/h4-8H,9-10H2,1-3H3,(H,18,19). The molecule has 24 heavy (non-hydrogen) atoms. The van der Waals surface area contributed by atoms with Gasteiger partial charge < -0.3 is 9.84 Å². The molecule has 0 saturated heterocycles. The van der Waals surface area contributed by atoms with Crippen molar-refractivity contribution in [1.29, 1.82) is 0 Å². The number of hydrogen-bond donors (Lipinski definition) is 1. The Labute approximate surface area is 149 Å². The van der Waals surface area contributed by atoms with Gasteiger partial charge in [0.2, 0.25) is 11.0 Å². The molecule has 8 heteroatoms. The lowest BCUT2D eigenvalue weighted by Gasteiger charge is -2.18. The van der Waals surface area contributed by atoms with E-state index in [4.69, 9.17) is 4.52 Å². The fraction of sp³-hybridized carbons (Fsp3) is 0.375. The molecule has 2 aromatic heterocycles. The van der Waals surface area contributed by atoms with Crippen LogP contribution in [0.1, 0.15) is 38.0 Å². The molecule has 0 amide bonds. The van der Waals surface area contributed by atoms with E-state index < -0.39 is 0 Å². The van der Waals surface area contributed by atoms with Crippen molar-refractivity contribution in [2.75, 3.05) is 5.32 Å². The number of anilines is 1. The predicted octanol–water partition coefficient (Wildman–Crippen LogP) is 4.01. The fourth-order valence-electron chi connectivity index (χ4n) is 1.96. The van der Waals surface area contributed by atoms with Crippen LogP contribution in [0.4, 0.5) is 5.13 Å². The molecule has 0 aliphatic rings. The lowest BCUT2D eigenvalue weighted by Crippen LogP contribution is -2.25. The summed E-state index contributed by atoms with van der Waals surface area (Å²) >= 11 is 3.08. The average molecular weight is 361 g/mol. The molecule has 0 unspecified atom stereocenters. The van der Waals surface area contributed by atoms with E-state index in [1.165, 1.54) is 16.9 Å². The van der Waals surface area contributed by atoms with Gasteiger partial charge in [-0.1, -0.05) is 58.6 Å². The van der Waals surface area contributed by atoms with Gasteiger partial charge in [-0.3, -0.25) is 0 Å². The Morgan fingerprint density at radius 2 is 1.96 bits per heavy atom. The van der Waals surface area contributed by atoms with Gasteiger partial charge in [0.15, 0.2) is 10.2 Å². The van der Waals surface area contributed by atoms with Gasteiger partial charge in [-0.2, -0.15) is 4.98 Å². The van der Waals surface area contributed by atoms with Crippen molar-refractivity contribution < 1.29 is 4.52 Å². The molecular formula is C16H19N5OS2. The van der Waals surface area contributed by atoms with Crippen LogP contribution in [0.3, 0.4) is 0 Å². The average Bonchev–Trinajstić information content (AvgIpc) is 3.14. The normalized spacial score (nSPS) is 11.6. The van der Waals surface area contributed by atoms with E-state index in [9.17, 15) is 0 Å². The highest BCUT2D eigenvalue weighted by atomic mass is 32.2. The summed E-state index contributed by atoms with van der Waals surface area (Å²) in [5, 5.41) is 16.5. The monoisotopic (exact) mass is 361 g/mol. The summed E-state index contributed by atoms with van der Waals surface area (Å²) in [5.74, 6) is 1.89. The number of benzene rings is 1. The molecule has 1 N–H and O–H groups in total. The van der Waals surface area contributed by atoms with Crippen LogP contribution < -0.4 is 5.32 Å². The highest BCUT2D eigenvalue weighted by Crippen LogP contribution is 2.29. The molecule has 3 aromatic rings. The van der Waals surface area contributed by atoms with Crippen LogP contribution in [0.2, 0.25) is 0 Å². The van der Waals surface area contributed by atoms with E-state index in [1.54, 1.807) is 11.8 Å². The van der Waals surface area contributed by atoms with Gasteiger partial charge in [0.05, 0.1) is 5.75 Å². The Kier molecular flexibility index (Phi) is 5.15.